The molecular formula is C26H37N5O8. The van der Waals surface area contributed by atoms with Gasteiger partial charge in [-0.05, 0) is 43.7 Å². The third-order valence-corrected chi connectivity index (χ3v) is 6.12. The number of carbonyl (C=O) groups is 5. The lowest BCUT2D eigenvalue weighted by Crippen LogP contribution is -2.58. The molecule has 0 spiro atoms. The van der Waals surface area contributed by atoms with E-state index in [1.165, 1.54) is 6.92 Å². The predicted octanol–water partition coefficient (Wildman–Crippen LogP) is -0.132. The Balaban J connectivity index is 2.16. The molecule has 9 N–H and O–H groups in total. The molecular weight excluding hydrogens is 510 g/mol. The number of fused-ring (bicyclic) bond motifs is 1. The monoisotopic (exact) mass is 547 g/mol. The van der Waals surface area contributed by atoms with Crippen molar-refractivity contribution in [3.05, 3.63) is 36.0 Å². The molecule has 1 heterocycles. The summed E-state index contributed by atoms with van der Waals surface area (Å²) in [4.78, 5) is 64.6. The van der Waals surface area contributed by atoms with Crippen molar-refractivity contribution in [2.75, 3.05) is 0 Å². The van der Waals surface area contributed by atoms with Gasteiger partial charge in [-0.3, -0.25) is 19.2 Å². The second kappa shape index (κ2) is 14.3. The molecule has 0 bridgehead atoms. The Labute approximate surface area is 225 Å². The number of aromatic amines is 1. The van der Waals surface area contributed by atoms with E-state index in [2.05, 4.69) is 20.9 Å². The molecule has 214 valence electrons. The van der Waals surface area contributed by atoms with E-state index >= 15 is 0 Å². The molecule has 2 aromatic rings. The van der Waals surface area contributed by atoms with Gasteiger partial charge in [-0.15, -0.1) is 0 Å². The van der Waals surface area contributed by atoms with Crippen molar-refractivity contribution in [1.82, 2.24) is 20.9 Å². The fourth-order valence-corrected chi connectivity index (χ4v) is 4.06. The minimum absolute atomic E-state index is 0.104. The van der Waals surface area contributed by atoms with Gasteiger partial charge in [-0.25, -0.2) is 4.79 Å². The van der Waals surface area contributed by atoms with E-state index < -0.39 is 66.4 Å². The van der Waals surface area contributed by atoms with Gasteiger partial charge in [0, 0.05) is 23.5 Å². The fraction of sp³-hybridized carbons (Fsp3) is 0.500. The normalized spacial score (nSPS) is 15.1. The Morgan fingerprint density at radius 2 is 1.54 bits per heavy atom. The lowest BCUT2D eigenvalue weighted by molar-refractivity contribution is -0.145. The number of carboxylic acids is 2. The number of H-pyrrole nitrogens is 1. The Morgan fingerprint density at radius 3 is 2.13 bits per heavy atom. The Bertz CT molecular complexity index is 1180. The van der Waals surface area contributed by atoms with E-state index in [-0.39, 0.29) is 25.2 Å². The molecule has 0 radical (unpaired) electrons. The van der Waals surface area contributed by atoms with Gasteiger partial charge in [0.2, 0.25) is 17.7 Å². The number of benzene rings is 1. The molecule has 5 atom stereocenters. The van der Waals surface area contributed by atoms with Gasteiger partial charge in [0.15, 0.2) is 6.04 Å². The van der Waals surface area contributed by atoms with Crippen molar-refractivity contribution >= 4 is 40.6 Å². The third-order valence-electron chi connectivity index (χ3n) is 6.12. The smallest absolute Gasteiger partial charge is 0.328 e. The summed E-state index contributed by atoms with van der Waals surface area (Å²) in [6.07, 6.45) is -0.114. The first-order valence-corrected chi connectivity index (χ1v) is 12.6. The molecule has 0 aliphatic heterocycles. The predicted molar refractivity (Wildman–Crippen MR) is 141 cm³/mol. The van der Waals surface area contributed by atoms with E-state index in [1.54, 1.807) is 20.0 Å². The number of aromatic nitrogens is 1. The summed E-state index contributed by atoms with van der Waals surface area (Å²) in [5.41, 5.74) is 7.77. The average Bonchev–Trinajstić information content (AvgIpc) is 3.26. The number of rotatable bonds is 15. The van der Waals surface area contributed by atoms with Gasteiger partial charge in [0.05, 0.1) is 12.1 Å². The first-order valence-electron chi connectivity index (χ1n) is 12.6. The summed E-state index contributed by atoms with van der Waals surface area (Å²) >= 11 is 0. The summed E-state index contributed by atoms with van der Waals surface area (Å²) in [7, 11) is 0. The molecule has 3 amide bonds. The summed E-state index contributed by atoms with van der Waals surface area (Å²) in [5, 5.41) is 36.2. The number of hydrogen-bond acceptors (Lipinski definition) is 7. The number of hydrogen-bond donors (Lipinski definition) is 8. The molecule has 13 heteroatoms. The van der Waals surface area contributed by atoms with Crippen LogP contribution in [0.25, 0.3) is 10.9 Å². The molecule has 0 saturated heterocycles. The van der Waals surface area contributed by atoms with Gasteiger partial charge in [-0.2, -0.15) is 0 Å². The largest absolute Gasteiger partial charge is 0.481 e. The maximum Gasteiger partial charge on any atom is 0.328 e. The SMILES string of the molecule is CC(C)CC(NC(=O)C(CCC(=O)O)NC(=O)C(N)Cc1c[nH]c2ccccc12)C(=O)NC(C(=O)O)C(C)O. The van der Waals surface area contributed by atoms with Crippen LogP contribution in [0.1, 0.15) is 45.6 Å². The van der Waals surface area contributed by atoms with E-state index in [4.69, 9.17) is 10.8 Å². The van der Waals surface area contributed by atoms with E-state index in [9.17, 15) is 34.2 Å². The topological polar surface area (TPSA) is 224 Å². The molecule has 39 heavy (non-hydrogen) atoms. The van der Waals surface area contributed by atoms with Crippen LogP contribution in [0, 0.1) is 5.92 Å². The number of para-hydroxylation sites is 1. The quantitative estimate of drug-likeness (QED) is 0.148. The van der Waals surface area contributed by atoms with E-state index in [0.717, 1.165) is 16.5 Å². The summed E-state index contributed by atoms with van der Waals surface area (Å²) in [5.74, 6) is -5.10. The second-order valence-corrected chi connectivity index (χ2v) is 9.92. The maximum atomic E-state index is 13.1. The van der Waals surface area contributed by atoms with Crippen LogP contribution in [-0.4, -0.2) is 80.2 Å². The number of carboxylic acid groups (broad SMARTS) is 2. The van der Waals surface area contributed by atoms with Crippen LogP contribution in [0.5, 0.6) is 0 Å². The van der Waals surface area contributed by atoms with Crippen LogP contribution in [-0.2, 0) is 30.4 Å². The summed E-state index contributed by atoms with van der Waals surface area (Å²) < 4.78 is 0. The average molecular weight is 548 g/mol. The standard InChI is InChI=1S/C26H37N5O8/c1-13(2)10-20(25(37)31-22(14(3)32)26(38)39)30-24(36)19(8-9-21(33)34)29-23(35)17(27)11-15-12-28-18-7-5-4-6-16(15)18/h4-7,12-14,17,19-20,22,28,32H,8-11,27H2,1-3H3,(H,29,35)(H,30,36)(H,31,37)(H,33,34)(H,38,39). The first kappa shape index (κ1) is 31.2. The minimum Gasteiger partial charge on any atom is -0.481 e. The van der Waals surface area contributed by atoms with Crippen molar-refractivity contribution in [2.45, 2.75) is 76.7 Å². The molecule has 0 fully saturated rings. The third kappa shape index (κ3) is 9.37. The number of carbonyl (C=O) groups excluding carboxylic acids is 3. The maximum absolute atomic E-state index is 13.1. The van der Waals surface area contributed by atoms with E-state index in [1.807, 2.05) is 24.3 Å². The van der Waals surface area contributed by atoms with Gasteiger partial charge in [0.25, 0.3) is 0 Å². The van der Waals surface area contributed by atoms with Crippen LogP contribution >= 0.6 is 0 Å². The van der Waals surface area contributed by atoms with E-state index in [0.29, 0.717) is 0 Å². The Kier molecular flexibility index (Phi) is 11.4. The highest BCUT2D eigenvalue weighted by molar-refractivity contribution is 5.94. The lowest BCUT2D eigenvalue weighted by Gasteiger charge is -2.26. The minimum atomic E-state index is -1.60. The Hall–Kier alpha value is -3.97. The number of aliphatic hydroxyl groups excluding tert-OH is 1. The zero-order valence-corrected chi connectivity index (χ0v) is 22.1. The fourth-order valence-electron chi connectivity index (χ4n) is 4.06. The summed E-state index contributed by atoms with van der Waals surface area (Å²) in [6.45, 7) is 4.76. The molecule has 0 aliphatic carbocycles. The van der Waals surface area contributed by atoms with Gasteiger partial charge in [-0.1, -0.05) is 32.0 Å². The second-order valence-electron chi connectivity index (χ2n) is 9.92. The van der Waals surface area contributed by atoms with Gasteiger partial charge >= 0.3 is 11.9 Å². The zero-order valence-electron chi connectivity index (χ0n) is 22.1. The van der Waals surface area contributed by atoms with Crippen LogP contribution in [0.15, 0.2) is 30.5 Å². The summed E-state index contributed by atoms with van der Waals surface area (Å²) in [6, 6.07) is 2.28. The van der Waals surface area contributed by atoms with Crippen LogP contribution in [0.3, 0.4) is 0 Å². The molecule has 2 rings (SSSR count). The molecule has 1 aromatic heterocycles. The number of amides is 3. The van der Waals surface area contributed by atoms with Crippen LogP contribution in [0.4, 0.5) is 0 Å². The highest BCUT2D eigenvalue weighted by Crippen LogP contribution is 2.19. The van der Waals surface area contributed by atoms with Crippen molar-refractivity contribution in [2.24, 2.45) is 11.7 Å². The molecule has 5 unspecified atom stereocenters. The molecule has 0 aliphatic rings. The van der Waals surface area contributed by atoms with Crippen LogP contribution < -0.4 is 21.7 Å². The van der Waals surface area contributed by atoms with Crippen molar-refractivity contribution in [3.8, 4) is 0 Å². The number of nitrogens with two attached hydrogens (primary N) is 1. The van der Waals surface area contributed by atoms with Gasteiger partial charge < -0.3 is 42.0 Å². The Morgan fingerprint density at radius 1 is 0.923 bits per heavy atom. The highest BCUT2D eigenvalue weighted by atomic mass is 16.4. The number of nitrogens with one attached hydrogen (secondary N) is 4. The molecule has 13 nitrogen and oxygen atoms in total. The highest BCUT2D eigenvalue weighted by Gasteiger charge is 2.32. The van der Waals surface area contributed by atoms with Gasteiger partial charge in [0.1, 0.15) is 12.1 Å². The molecule has 1 aromatic carbocycles. The zero-order chi connectivity index (χ0) is 29.3. The van der Waals surface area contributed by atoms with Crippen molar-refractivity contribution in [3.63, 3.8) is 0 Å². The molecule has 0 saturated carbocycles. The van der Waals surface area contributed by atoms with Crippen molar-refractivity contribution in [1.29, 1.82) is 0 Å². The first-order chi connectivity index (χ1) is 18.3. The lowest BCUT2D eigenvalue weighted by atomic mass is 10.0. The number of aliphatic carboxylic acids is 2. The van der Waals surface area contributed by atoms with Crippen LogP contribution in [0.2, 0.25) is 0 Å². The number of aliphatic hydroxyl groups is 1. The van der Waals surface area contributed by atoms with Crippen molar-refractivity contribution < 1.29 is 39.3 Å².